The molecule has 0 spiro atoms. The second-order valence-corrected chi connectivity index (χ2v) is 10.2. The molecule has 206 valence electrons. The third-order valence-corrected chi connectivity index (χ3v) is 7.53. The number of allylic oxidation sites excluding steroid dienone is 4. The van der Waals surface area contributed by atoms with Crippen LogP contribution in [-0.2, 0) is 0 Å². The fourth-order valence-electron chi connectivity index (χ4n) is 5.15. The van der Waals surface area contributed by atoms with Gasteiger partial charge in [0.1, 0.15) is 5.82 Å². The van der Waals surface area contributed by atoms with Crippen molar-refractivity contribution >= 4 is 22.7 Å². The number of piperidine rings is 1. The fourth-order valence-corrected chi connectivity index (χ4v) is 5.15. The monoisotopic (exact) mass is 531 g/mol. The molecule has 3 heterocycles. The Labute approximate surface area is 239 Å². The van der Waals surface area contributed by atoms with E-state index in [0.29, 0.717) is 5.70 Å². The second kappa shape index (κ2) is 13.7. The number of hydrogen-bond donors (Lipinski definition) is 2. The van der Waals surface area contributed by atoms with Crippen LogP contribution >= 0.6 is 0 Å². The Morgan fingerprint density at radius 1 is 1.07 bits per heavy atom. The molecule has 40 heavy (non-hydrogen) atoms. The Balaban J connectivity index is 1.58. The van der Waals surface area contributed by atoms with Crippen LogP contribution < -0.4 is 10.6 Å². The zero-order valence-corrected chi connectivity index (χ0v) is 24.1. The molecule has 2 N–H and O–H groups in total. The standard InChI is InChI=1S/C35H41N5/c1-7-28(24-40-19-10-9-11-20-40)21-29(8-2)30-14-15-34(36-6)33(22-30)25(3)27(5)39-35-26(4)32(16-18-38-35)31-13-12-17-37-23-31/h7-8,12-18,21-23,36H,1,3,5,9-11,19-20,24H2,2,4,6H3,(H,38,39)/b28-21+,29-8+. The predicted molar refractivity (Wildman–Crippen MR) is 172 cm³/mol. The number of rotatable bonds is 11. The van der Waals surface area contributed by atoms with Gasteiger partial charge < -0.3 is 10.6 Å². The van der Waals surface area contributed by atoms with Crippen molar-refractivity contribution in [2.45, 2.75) is 33.1 Å². The van der Waals surface area contributed by atoms with Crippen molar-refractivity contribution in [2.24, 2.45) is 0 Å². The maximum atomic E-state index is 4.59. The highest BCUT2D eigenvalue weighted by Gasteiger charge is 2.15. The summed E-state index contributed by atoms with van der Waals surface area (Å²) in [7, 11) is 1.93. The minimum Gasteiger partial charge on any atom is -0.388 e. The number of pyridine rings is 2. The van der Waals surface area contributed by atoms with Gasteiger partial charge in [0, 0.05) is 54.7 Å². The Bertz CT molecular complexity index is 1430. The van der Waals surface area contributed by atoms with Gasteiger partial charge in [0.05, 0.1) is 0 Å². The molecule has 0 radical (unpaired) electrons. The summed E-state index contributed by atoms with van der Waals surface area (Å²) in [6.45, 7) is 20.2. The first-order valence-electron chi connectivity index (χ1n) is 14.0. The van der Waals surface area contributed by atoms with Crippen LogP contribution in [0.1, 0.15) is 42.9 Å². The van der Waals surface area contributed by atoms with Gasteiger partial charge in [-0.05, 0) is 97.5 Å². The van der Waals surface area contributed by atoms with E-state index in [1.54, 1.807) is 12.4 Å². The number of anilines is 2. The third kappa shape index (κ3) is 6.85. The third-order valence-electron chi connectivity index (χ3n) is 7.53. The average Bonchev–Trinajstić information content (AvgIpc) is 3.00. The molecule has 1 aliphatic rings. The summed E-state index contributed by atoms with van der Waals surface area (Å²) in [5.41, 5.74) is 10.1. The maximum Gasteiger partial charge on any atom is 0.133 e. The highest BCUT2D eigenvalue weighted by atomic mass is 15.1. The molecule has 1 fully saturated rings. The first-order valence-corrected chi connectivity index (χ1v) is 14.0. The van der Waals surface area contributed by atoms with Crippen molar-refractivity contribution in [3.05, 3.63) is 121 Å². The Hall–Kier alpha value is -4.22. The first-order chi connectivity index (χ1) is 19.4. The van der Waals surface area contributed by atoms with E-state index in [1.807, 2.05) is 31.5 Å². The van der Waals surface area contributed by atoms with Crippen LogP contribution in [-0.4, -0.2) is 41.5 Å². The molecule has 2 aromatic heterocycles. The summed E-state index contributed by atoms with van der Waals surface area (Å²) in [6.07, 6.45) is 15.7. The van der Waals surface area contributed by atoms with E-state index in [2.05, 4.69) is 95.5 Å². The van der Waals surface area contributed by atoms with E-state index in [1.165, 1.54) is 24.8 Å². The molecular formula is C35H41N5. The number of benzene rings is 1. The minimum absolute atomic E-state index is 0.696. The van der Waals surface area contributed by atoms with Crippen molar-refractivity contribution < 1.29 is 0 Å². The number of likely N-dealkylation sites (tertiary alicyclic amines) is 1. The molecule has 0 atom stereocenters. The molecule has 0 saturated carbocycles. The molecule has 5 heteroatoms. The van der Waals surface area contributed by atoms with E-state index >= 15 is 0 Å². The van der Waals surface area contributed by atoms with Gasteiger partial charge in [-0.3, -0.25) is 9.88 Å². The van der Waals surface area contributed by atoms with Gasteiger partial charge in [-0.25, -0.2) is 4.98 Å². The number of hydrogen-bond acceptors (Lipinski definition) is 5. The van der Waals surface area contributed by atoms with E-state index in [4.69, 9.17) is 0 Å². The van der Waals surface area contributed by atoms with Crippen molar-refractivity contribution in [1.29, 1.82) is 0 Å². The normalized spacial score (nSPS) is 14.5. The van der Waals surface area contributed by atoms with Gasteiger partial charge in [0.2, 0.25) is 0 Å². The summed E-state index contributed by atoms with van der Waals surface area (Å²) in [5, 5.41) is 6.74. The van der Waals surface area contributed by atoms with Crippen LogP contribution in [0, 0.1) is 6.92 Å². The van der Waals surface area contributed by atoms with Gasteiger partial charge in [-0.15, -0.1) is 0 Å². The molecule has 0 amide bonds. The second-order valence-electron chi connectivity index (χ2n) is 10.2. The van der Waals surface area contributed by atoms with Crippen molar-refractivity contribution in [3.8, 4) is 11.1 Å². The molecule has 4 rings (SSSR count). The lowest BCUT2D eigenvalue weighted by Gasteiger charge is -2.27. The van der Waals surface area contributed by atoms with Gasteiger partial charge in [0.15, 0.2) is 0 Å². The number of nitrogens with zero attached hydrogens (tertiary/aromatic N) is 3. The van der Waals surface area contributed by atoms with Gasteiger partial charge in [-0.1, -0.05) is 56.5 Å². The Morgan fingerprint density at radius 2 is 1.88 bits per heavy atom. The average molecular weight is 532 g/mol. The van der Waals surface area contributed by atoms with E-state index in [-0.39, 0.29) is 0 Å². The largest absolute Gasteiger partial charge is 0.388 e. The fraction of sp³-hybridized carbons (Fsp3) is 0.257. The van der Waals surface area contributed by atoms with Crippen LogP contribution in [0.2, 0.25) is 0 Å². The molecule has 1 aliphatic heterocycles. The highest BCUT2D eigenvalue weighted by Crippen LogP contribution is 2.33. The summed E-state index contributed by atoms with van der Waals surface area (Å²) in [6, 6.07) is 12.4. The van der Waals surface area contributed by atoms with Crippen LogP contribution in [0.4, 0.5) is 11.5 Å². The van der Waals surface area contributed by atoms with E-state index in [9.17, 15) is 0 Å². The lowest BCUT2D eigenvalue weighted by atomic mass is 9.95. The first kappa shape index (κ1) is 28.8. The molecule has 0 aliphatic carbocycles. The van der Waals surface area contributed by atoms with Crippen LogP contribution in [0.25, 0.3) is 22.3 Å². The maximum absolute atomic E-state index is 4.59. The van der Waals surface area contributed by atoms with Crippen molar-refractivity contribution in [2.75, 3.05) is 37.3 Å². The van der Waals surface area contributed by atoms with E-state index < -0.39 is 0 Å². The molecule has 5 nitrogen and oxygen atoms in total. The quantitative estimate of drug-likeness (QED) is 0.245. The molecular weight excluding hydrogens is 490 g/mol. The van der Waals surface area contributed by atoms with Gasteiger partial charge >= 0.3 is 0 Å². The molecule has 0 bridgehead atoms. The summed E-state index contributed by atoms with van der Waals surface area (Å²) < 4.78 is 0. The smallest absolute Gasteiger partial charge is 0.133 e. The predicted octanol–water partition coefficient (Wildman–Crippen LogP) is 8.13. The zero-order valence-electron chi connectivity index (χ0n) is 24.1. The SMILES string of the molecule is C=C/C(=C\C(=C/C)c1ccc(NC)c(C(=C)C(=C)Nc2nccc(-c3cccnc3)c2C)c1)CN1CCCCC1. The molecule has 1 saturated heterocycles. The van der Waals surface area contributed by atoms with Crippen LogP contribution in [0.5, 0.6) is 0 Å². The van der Waals surface area contributed by atoms with Crippen molar-refractivity contribution in [1.82, 2.24) is 14.9 Å². The molecule has 3 aromatic rings. The minimum atomic E-state index is 0.696. The number of aromatic nitrogens is 2. The van der Waals surface area contributed by atoms with E-state index in [0.717, 1.165) is 70.1 Å². The van der Waals surface area contributed by atoms with Crippen LogP contribution in [0.3, 0.4) is 0 Å². The van der Waals surface area contributed by atoms with Crippen molar-refractivity contribution in [3.63, 3.8) is 0 Å². The topological polar surface area (TPSA) is 53.1 Å². The van der Waals surface area contributed by atoms with Gasteiger partial charge in [0.25, 0.3) is 0 Å². The zero-order chi connectivity index (χ0) is 28.5. The highest BCUT2D eigenvalue weighted by molar-refractivity contribution is 5.89. The Kier molecular flexibility index (Phi) is 9.87. The molecule has 1 aromatic carbocycles. The number of nitrogens with one attached hydrogen (secondary N) is 2. The lowest BCUT2D eigenvalue weighted by Crippen LogP contribution is -2.31. The lowest BCUT2D eigenvalue weighted by molar-refractivity contribution is 0.248. The summed E-state index contributed by atoms with van der Waals surface area (Å²) in [5.74, 6) is 0.750. The Morgan fingerprint density at radius 3 is 2.55 bits per heavy atom. The van der Waals surface area contributed by atoms with Gasteiger partial charge in [-0.2, -0.15) is 0 Å². The molecule has 0 unspecified atom stereocenters. The summed E-state index contributed by atoms with van der Waals surface area (Å²) in [4.78, 5) is 11.4. The summed E-state index contributed by atoms with van der Waals surface area (Å²) >= 11 is 0. The van der Waals surface area contributed by atoms with Crippen LogP contribution in [0.15, 0.2) is 104 Å².